The molecular weight excluding hydrogens is 420 g/mol. The van der Waals surface area contributed by atoms with Crippen molar-refractivity contribution < 1.29 is 0 Å². The number of nitrogens with one attached hydrogen (secondary N) is 1. The van der Waals surface area contributed by atoms with E-state index in [2.05, 4.69) is 32.8 Å². The molecular formula is C22H39BrN2OS. The maximum atomic E-state index is 11.2. The Balaban J connectivity index is 1.79. The average Bonchev–Trinajstić information content (AvgIpc) is 2.67. The third-order valence-corrected chi connectivity index (χ3v) is 6.94. The lowest BCUT2D eigenvalue weighted by molar-refractivity contribution is 0.531. The van der Waals surface area contributed by atoms with Gasteiger partial charge in [-0.1, -0.05) is 103 Å². The molecule has 1 rings (SSSR count). The molecule has 0 aliphatic heterocycles. The molecule has 0 fully saturated rings. The summed E-state index contributed by atoms with van der Waals surface area (Å²) < 4.78 is 0.878. The summed E-state index contributed by atoms with van der Waals surface area (Å²) in [6.07, 6.45) is 23.9. The van der Waals surface area contributed by atoms with Gasteiger partial charge >= 0.3 is 5.69 Å². The molecule has 0 saturated heterocycles. The van der Waals surface area contributed by atoms with Gasteiger partial charge in [-0.15, -0.1) is 11.8 Å². The number of nitrogens with zero attached hydrogens (tertiary/aromatic N) is 1. The predicted octanol–water partition coefficient (Wildman–Crippen LogP) is 7.89. The molecule has 1 N–H and O–H groups in total. The maximum Gasteiger partial charge on any atom is 0.345 e. The van der Waals surface area contributed by atoms with Crippen molar-refractivity contribution in [1.29, 1.82) is 0 Å². The third-order valence-electron chi connectivity index (χ3n) is 4.98. The molecule has 0 spiro atoms. The molecule has 1 aromatic rings. The van der Waals surface area contributed by atoms with Gasteiger partial charge < -0.3 is 0 Å². The highest BCUT2D eigenvalue weighted by Crippen LogP contribution is 2.24. The van der Waals surface area contributed by atoms with Gasteiger partial charge in [-0.2, -0.15) is 0 Å². The topological polar surface area (TPSA) is 45.8 Å². The van der Waals surface area contributed by atoms with E-state index in [9.17, 15) is 4.79 Å². The van der Waals surface area contributed by atoms with E-state index in [1.165, 1.54) is 103 Å². The normalized spacial score (nSPS) is 11.2. The lowest BCUT2D eigenvalue weighted by Crippen LogP contribution is -2.10. The fourth-order valence-electron chi connectivity index (χ4n) is 3.29. The molecule has 0 saturated carbocycles. The van der Waals surface area contributed by atoms with Crippen molar-refractivity contribution >= 4 is 27.7 Å². The molecule has 27 heavy (non-hydrogen) atoms. The lowest BCUT2D eigenvalue weighted by atomic mass is 10.0. The Hall–Kier alpha value is -0.290. The lowest BCUT2D eigenvalue weighted by Gasteiger charge is -2.04. The van der Waals surface area contributed by atoms with Crippen LogP contribution in [0.3, 0.4) is 0 Å². The van der Waals surface area contributed by atoms with Crippen molar-refractivity contribution in [2.75, 3.05) is 5.75 Å². The van der Waals surface area contributed by atoms with Crippen LogP contribution in [0.15, 0.2) is 20.5 Å². The highest BCUT2D eigenvalue weighted by atomic mass is 79.9. The minimum atomic E-state index is -0.271. The molecule has 0 amide bonds. The second-order valence-corrected chi connectivity index (χ2v) is 9.48. The Kier molecular flexibility index (Phi) is 16.3. The first-order valence-electron chi connectivity index (χ1n) is 11.1. The number of thioether (sulfide) groups is 1. The monoisotopic (exact) mass is 458 g/mol. The molecule has 1 aromatic heterocycles. The highest BCUT2D eigenvalue weighted by molar-refractivity contribution is 9.10. The first kappa shape index (κ1) is 24.7. The number of rotatable bonds is 18. The summed E-state index contributed by atoms with van der Waals surface area (Å²) in [5.41, 5.74) is -0.271. The van der Waals surface area contributed by atoms with E-state index in [0.29, 0.717) is 0 Å². The van der Waals surface area contributed by atoms with Gasteiger partial charge in [-0.3, -0.25) is 4.98 Å². The average molecular weight is 460 g/mol. The molecule has 5 heteroatoms. The fraction of sp³-hybridized carbons (Fsp3) is 0.818. The maximum absolute atomic E-state index is 11.2. The number of halogens is 1. The summed E-state index contributed by atoms with van der Waals surface area (Å²) in [6, 6.07) is 0. The van der Waals surface area contributed by atoms with Crippen LogP contribution in [0.1, 0.15) is 110 Å². The Morgan fingerprint density at radius 1 is 0.815 bits per heavy atom. The largest absolute Gasteiger partial charge is 0.345 e. The number of aromatic amines is 1. The minimum Gasteiger partial charge on any atom is -0.299 e. The van der Waals surface area contributed by atoms with Gasteiger partial charge in [0.05, 0.1) is 9.50 Å². The number of hydrogen-bond acceptors (Lipinski definition) is 3. The van der Waals surface area contributed by atoms with Crippen LogP contribution < -0.4 is 5.69 Å². The molecule has 0 aliphatic carbocycles. The standard InChI is InChI=1S/C22H39BrN2OS/c1-2-3-4-5-6-7-8-9-10-11-12-13-14-15-16-17-18-27-21-20(23)19-24-22(26)25-21/h19H,2-18H2,1H3,(H,24,25,26). The number of H-pyrrole nitrogens is 1. The van der Waals surface area contributed by atoms with Gasteiger partial charge in [-0.05, 0) is 28.1 Å². The SMILES string of the molecule is CCCCCCCCCCCCCCCCCCSc1[nH]c(=O)ncc1Br. The van der Waals surface area contributed by atoms with E-state index < -0.39 is 0 Å². The van der Waals surface area contributed by atoms with E-state index in [4.69, 9.17) is 0 Å². The first-order chi connectivity index (χ1) is 13.2. The van der Waals surface area contributed by atoms with Gasteiger partial charge in [0.25, 0.3) is 0 Å². The van der Waals surface area contributed by atoms with E-state index in [0.717, 1.165) is 15.3 Å². The van der Waals surface area contributed by atoms with Crippen molar-refractivity contribution in [3.05, 3.63) is 21.2 Å². The number of aromatic nitrogens is 2. The van der Waals surface area contributed by atoms with Crippen molar-refractivity contribution in [1.82, 2.24) is 9.97 Å². The zero-order valence-corrected chi connectivity index (χ0v) is 19.6. The zero-order valence-electron chi connectivity index (χ0n) is 17.2. The summed E-state index contributed by atoms with van der Waals surface area (Å²) in [6.45, 7) is 2.28. The fourth-order valence-corrected chi connectivity index (χ4v) is 4.74. The molecule has 0 atom stereocenters. The molecule has 3 nitrogen and oxygen atoms in total. The van der Waals surface area contributed by atoms with Crippen molar-refractivity contribution in [3.63, 3.8) is 0 Å². The van der Waals surface area contributed by atoms with Crippen LogP contribution in [0.25, 0.3) is 0 Å². The minimum absolute atomic E-state index is 0.271. The Bertz CT molecular complexity index is 521. The Morgan fingerprint density at radius 3 is 1.74 bits per heavy atom. The van der Waals surface area contributed by atoms with Crippen LogP contribution in [0.5, 0.6) is 0 Å². The van der Waals surface area contributed by atoms with E-state index in [1.54, 1.807) is 18.0 Å². The van der Waals surface area contributed by atoms with E-state index >= 15 is 0 Å². The van der Waals surface area contributed by atoms with Crippen molar-refractivity contribution in [2.24, 2.45) is 0 Å². The quantitative estimate of drug-likeness (QED) is 0.138. The second-order valence-electron chi connectivity index (χ2n) is 7.52. The van der Waals surface area contributed by atoms with Crippen LogP contribution in [0.2, 0.25) is 0 Å². The summed E-state index contributed by atoms with van der Waals surface area (Å²) >= 11 is 5.13. The van der Waals surface area contributed by atoms with Gasteiger partial charge in [-0.25, -0.2) is 9.78 Å². The molecule has 0 aliphatic rings. The van der Waals surface area contributed by atoms with Crippen LogP contribution >= 0.6 is 27.7 Å². The van der Waals surface area contributed by atoms with Gasteiger partial charge in [0.15, 0.2) is 0 Å². The first-order valence-corrected chi connectivity index (χ1v) is 12.9. The summed E-state index contributed by atoms with van der Waals surface area (Å²) in [7, 11) is 0. The summed E-state index contributed by atoms with van der Waals surface area (Å²) in [5, 5.41) is 0.899. The van der Waals surface area contributed by atoms with Gasteiger partial charge in [0.2, 0.25) is 0 Å². The molecule has 0 radical (unpaired) electrons. The number of hydrogen-bond donors (Lipinski definition) is 1. The van der Waals surface area contributed by atoms with Crippen LogP contribution in [-0.4, -0.2) is 15.7 Å². The smallest absolute Gasteiger partial charge is 0.299 e. The molecule has 1 heterocycles. The Labute approximate surface area is 179 Å². The van der Waals surface area contributed by atoms with Crippen molar-refractivity contribution in [3.8, 4) is 0 Å². The predicted molar refractivity (Wildman–Crippen MR) is 123 cm³/mol. The third kappa shape index (κ3) is 14.4. The van der Waals surface area contributed by atoms with Crippen LogP contribution in [0, 0.1) is 0 Å². The molecule has 0 unspecified atom stereocenters. The van der Waals surface area contributed by atoms with Gasteiger partial charge in [0.1, 0.15) is 0 Å². The van der Waals surface area contributed by atoms with E-state index in [-0.39, 0.29) is 5.69 Å². The van der Waals surface area contributed by atoms with Crippen molar-refractivity contribution in [2.45, 2.75) is 115 Å². The Morgan fingerprint density at radius 2 is 1.26 bits per heavy atom. The summed E-state index contributed by atoms with van der Waals surface area (Å²) in [4.78, 5) is 17.7. The second kappa shape index (κ2) is 17.8. The zero-order chi connectivity index (χ0) is 19.6. The summed E-state index contributed by atoms with van der Waals surface area (Å²) in [5.74, 6) is 1.05. The van der Waals surface area contributed by atoms with E-state index in [1.807, 2.05) is 0 Å². The van der Waals surface area contributed by atoms with Crippen LogP contribution in [0.4, 0.5) is 0 Å². The highest BCUT2D eigenvalue weighted by Gasteiger charge is 2.02. The molecule has 0 bridgehead atoms. The number of unbranched alkanes of at least 4 members (excludes halogenated alkanes) is 15. The van der Waals surface area contributed by atoms with Crippen LogP contribution in [-0.2, 0) is 0 Å². The molecule has 0 aromatic carbocycles. The van der Waals surface area contributed by atoms with Gasteiger partial charge in [0, 0.05) is 6.20 Å². The molecule has 156 valence electrons.